The standard InChI is InChI=1S/C58H103NO10/c1-3-5-7-9-11-13-15-16-18-21-25-28-32-36-40-44-51(61)50(49-68-58-57(66)56(65)55(64)52(48-60)69-58)59-53(62)45-41-37-33-29-26-22-19-17-20-23-27-31-35-39-43-47-67-54(63)46-42-38-34-30-24-14-12-10-8-6-4-2/h15-17,20,23,25,27-28,40,44,50-52,55-58,60-61,64-66H,3-14,18-19,21-22,24,26,29-39,41-43,45-49H2,1-2H3,(H,59,62)/b16-15+,20-17-,27-23-,28-25+,44-40+. The van der Waals surface area contributed by atoms with E-state index in [-0.39, 0.29) is 18.5 Å². The van der Waals surface area contributed by atoms with E-state index in [9.17, 15) is 35.1 Å². The first-order valence-corrected chi connectivity index (χ1v) is 28.1. The van der Waals surface area contributed by atoms with E-state index >= 15 is 0 Å². The van der Waals surface area contributed by atoms with Gasteiger partial charge in [-0.15, -0.1) is 0 Å². The Balaban J connectivity index is 2.24. The zero-order chi connectivity index (χ0) is 50.3. The molecule has 1 fully saturated rings. The molecule has 1 amide bonds. The van der Waals surface area contributed by atoms with Gasteiger partial charge in [0, 0.05) is 12.8 Å². The van der Waals surface area contributed by atoms with Gasteiger partial charge in [0.15, 0.2) is 6.29 Å². The summed E-state index contributed by atoms with van der Waals surface area (Å²) in [7, 11) is 0. The number of amides is 1. The van der Waals surface area contributed by atoms with Crippen LogP contribution in [-0.2, 0) is 23.8 Å². The van der Waals surface area contributed by atoms with Gasteiger partial charge in [-0.05, 0) is 89.9 Å². The third-order valence-corrected chi connectivity index (χ3v) is 12.9. The van der Waals surface area contributed by atoms with E-state index < -0.39 is 49.5 Å². The number of hydrogen-bond donors (Lipinski definition) is 6. The van der Waals surface area contributed by atoms with Gasteiger partial charge in [0.05, 0.1) is 32.0 Å². The molecule has 1 saturated heterocycles. The Kier molecular flexibility index (Phi) is 44.5. The van der Waals surface area contributed by atoms with E-state index in [2.05, 4.69) is 67.8 Å². The first-order valence-electron chi connectivity index (χ1n) is 28.1. The van der Waals surface area contributed by atoms with Crippen molar-refractivity contribution in [2.45, 2.75) is 275 Å². The number of aliphatic hydroxyl groups is 5. The molecule has 1 aliphatic heterocycles. The molecule has 6 N–H and O–H groups in total. The molecule has 0 aromatic rings. The summed E-state index contributed by atoms with van der Waals surface area (Å²) in [6.07, 6.45) is 50.1. The summed E-state index contributed by atoms with van der Waals surface area (Å²) in [6, 6.07) is -0.852. The second-order valence-electron chi connectivity index (χ2n) is 19.3. The molecule has 0 bridgehead atoms. The molecule has 0 aliphatic carbocycles. The number of ether oxygens (including phenoxy) is 3. The first kappa shape index (κ1) is 64.4. The summed E-state index contributed by atoms with van der Waals surface area (Å²) < 4.78 is 16.6. The number of rotatable bonds is 47. The Bertz CT molecular complexity index is 1330. The average Bonchev–Trinajstić information content (AvgIpc) is 3.34. The van der Waals surface area contributed by atoms with E-state index in [1.54, 1.807) is 6.08 Å². The number of nitrogens with one attached hydrogen (secondary N) is 1. The van der Waals surface area contributed by atoms with Crippen molar-refractivity contribution < 1.29 is 49.3 Å². The maximum absolute atomic E-state index is 13.0. The smallest absolute Gasteiger partial charge is 0.305 e. The maximum Gasteiger partial charge on any atom is 0.305 e. The predicted octanol–water partition coefficient (Wildman–Crippen LogP) is 12.3. The minimum Gasteiger partial charge on any atom is -0.466 e. The average molecular weight is 974 g/mol. The molecule has 400 valence electrons. The number of aliphatic hydroxyl groups excluding tert-OH is 5. The Hall–Kier alpha value is -2.64. The molecule has 0 saturated carbocycles. The lowest BCUT2D eigenvalue weighted by Crippen LogP contribution is -2.60. The number of carbonyl (C=O) groups excluding carboxylic acids is 2. The molecular weight excluding hydrogens is 871 g/mol. The Morgan fingerprint density at radius 3 is 1.52 bits per heavy atom. The molecular formula is C58H103NO10. The SMILES string of the molecule is CCCCCCC/C=C/CC/C=C/CC/C=C/C(O)C(COC1OC(CO)C(O)C(O)C1O)NC(=O)CCCCCCCC/C=C\C=C/CCCCCOC(=O)CCCCCCCCCCCCC. The zero-order valence-corrected chi connectivity index (χ0v) is 43.8. The first-order chi connectivity index (χ1) is 33.7. The van der Waals surface area contributed by atoms with Crippen LogP contribution in [-0.4, -0.2) is 100 Å². The van der Waals surface area contributed by atoms with Gasteiger partial charge in [0.1, 0.15) is 24.4 Å². The Morgan fingerprint density at radius 2 is 0.986 bits per heavy atom. The zero-order valence-electron chi connectivity index (χ0n) is 43.8. The Labute approximate surface area is 420 Å². The van der Waals surface area contributed by atoms with Crippen molar-refractivity contribution in [3.63, 3.8) is 0 Å². The van der Waals surface area contributed by atoms with E-state index in [1.165, 1.54) is 89.9 Å². The van der Waals surface area contributed by atoms with Gasteiger partial charge in [0.25, 0.3) is 0 Å². The van der Waals surface area contributed by atoms with Gasteiger partial charge < -0.3 is 45.1 Å². The molecule has 0 spiro atoms. The monoisotopic (exact) mass is 974 g/mol. The molecule has 7 atom stereocenters. The van der Waals surface area contributed by atoms with E-state index in [1.807, 2.05) is 6.08 Å². The molecule has 0 aromatic heterocycles. The lowest BCUT2D eigenvalue weighted by atomic mass is 9.99. The molecule has 11 heteroatoms. The van der Waals surface area contributed by atoms with E-state index in [0.717, 1.165) is 103 Å². The normalized spacial score (nSPS) is 19.8. The summed E-state index contributed by atoms with van der Waals surface area (Å²) in [6.45, 7) is 4.22. The molecule has 0 radical (unpaired) electrons. The van der Waals surface area contributed by atoms with Crippen LogP contribution in [0.25, 0.3) is 0 Å². The second kappa shape index (κ2) is 47.7. The molecule has 0 aromatic carbocycles. The van der Waals surface area contributed by atoms with Crippen LogP contribution in [0, 0.1) is 0 Å². The minimum absolute atomic E-state index is 0.0435. The highest BCUT2D eigenvalue weighted by Gasteiger charge is 2.44. The fraction of sp³-hybridized carbons (Fsp3) is 0.793. The quantitative estimate of drug-likeness (QED) is 0.0149. The van der Waals surface area contributed by atoms with Crippen molar-refractivity contribution in [1.82, 2.24) is 5.32 Å². The van der Waals surface area contributed by atoms with Crippen molar-refractivity contribution in [1.29, 1.82) is 0 Å². The fourth-order valence-corrected chi connectivity index (χ4v) is 8.34. The van der Waals surface area contributed by atoms with Gasteiger partial charge in [-0.2, -0.15) is 0 Å². The molecule has 1 heterocycles. The topological polar surface area (TPSA) is 175 Å². The molecule has 69 heavy (non-hydrogen) atoms. The number of allylic oxidation sites excluding steroid dienone is 9. The van der Waals surface area contributed by atoms with Crippen LogP contribution in [0.3, 0.4) is 0 Å². The van der Waals surface area contributed by atoms with Crippen molar-refractivity contribution in [3.05, 3.63) is 60.8 Å². The number of unbranched alkanes of at least 4 members (excludes halogenated alkanes) is 26. The summed E-state index contributed by atoms with van der Waals surface area (Å²) in [5, 5.41) is 54.3. The van der Waals surface area contributed by atoms with Crippen LogP contribution >= 0.6 is 0 Å². The van der Waals surface area contributed by atoms with E-state index in [0.29, 0.717) is 32.3 Å². The van der Waals surface area contributed by atoms with Gasteiger partial charge in [-0.25, -0.2) is 0 Å². The van der Waals surface area contributed by atoms with Gasteiger partial charge in [-0.3, -0.25) is 9.59 Å². The van der Waals surface area contributed by atoms with Crippen LogP contribution in [0.5, 0.6) is 0 Å². The number of esters is 1. The predicted molar refractivity (Wildman–Crippen MR) is 283 cm³/mol. The highest BCUT2D eigenvalue weighted by Crippen LogP contribution is 2.23. The highest BCUT2D eigenvalue weighted by atomic mass is 16.7. The minimum atomic E-state index is -1.59. The fourth-order valence-electron chi connectivity index (χ4n) is 8.34. The Morgan fingerprint density at radius 1 is 0.536 bits per heavy atom. The van der Waals surface area contributed by atoms with Crippen LogP contribution in [0.2, 0.25) is 0 Å². The van der Waals surface area contributed by atoms with Crippen molar-refractivity contribution >= 4 is 11.9 Å². The highest BCUT2D eigenvalue weighted by molar-refractivity contribution is 5.76. The summed E-state index contributed by atoms with van der Waals surface area (Å²) in [5.74, 6) is -0.264. The maximum atomic E-state index is 13.0. The van der Waals surface area contributed by atoms with Crippen LogP contribution in [0.15, 0.2) is 60.8 Å². The largest absolute Gasteiger partial charge is 0.466 e. The van der Waals surface area contributed by atoms with Gasteiger partial charge in [0.2, 0.25) is 5.91 Å². The van der Waals surface area contributed by atoms with Crippen molar-refractivity contribution in [3.8, 4) is 0 Å². The van der Waals surface area contributed by atoms with Gasteiger partial charge >= 0.3 is 5.97 Å². The molecule has 11 nitrogen and oxygen atoms in total. The summed E-state index contributed by atoms with van der Waals surface area (Å²) >= 11 is 0. The third kappa shape index (κ3) is 37.8. The summed E-state index contributed by atoms with van der Waals surface area (Å²) in [5.41, 5.74) is 0. The molecule has 1 rings (SSSR count). The number of hydrogen-bond acceptors (Lipinski definition) is 10. The summed E-state index contributed by atoms with van der Waals surface area (Å²) in [4.78, 5) is 25.0. The number of carbonyl (C=O) groups is 2. The van der Waals surface area contributed by atoms with Crippen LogP contribution < -0.4 is 5.32 Å². The van der Waals surface area contributed by atoms with Gasteiger partial charge in [-0.1, -0.05) is 190 Å². The van der Waals surface area contributed by atoms with Crippen molar-refractivity contribution in [2.24, 2.45) is 0 Å². The van der Waals surface area contributed by atoms with Crippen LogP contribution in [0.1, 0.15) is 232 Å². The van der Waals surface area contributed by atoms with Crippen LogP contribution in [0.4, 0.5) is 0 Å². The van der Waals surface area contributed by atoms with Crippen molar-refractivity contribution in [2.75, 3.05) is 19.8 Å². The third-order valence-electron chi connectivity index (χ3n) is 12.9. The molecule has 1 aliphatic rings. The lowest BCUT2D eigenvalue weighted by molar-refractivity contribution is -0.302. The second-order valence-corrected chi connectivity index (χ2v) is 19.3. The van der Waals surface area contributed by atoms with E-state index in [4.69, 9.17) is 14.2 Å². The lowest BCUT2D eigenvalue weighted by Gasteiger charge is -2.40. The molecule has 7 unspecified atom stereocenters.